The van der Waals surface area contributed by atoms with Gasteiger partial charge in [0.05, 0.1) is 6.61 Å². The van der Waals surface area contributed by atoms with E-state index >= 15 is 0 Å². The Kier molecular flexibility index (Phi) is 5.10. The summed E-state index contributed by atoms with van der Waals surface area (Å²) in [5.41, 5.74) is 7.97. The molecule has 0 spiro atoms. The van der Waals surface area contributed by atoms with Crippen molar-refractivity contribution in [2.75, 3.05) is 24.7 Å². The van der Waals surface area contributed by atoms with Crippen molar-refractivity contribution in [2.45, 2.75) is 25.5 Å². The molecule has 104 valence electrons. The highest BCUT2D eigenvalue weighted by Crippen LogP contribution is 2.24. The fourth-order valence-electron chi connectivity index (χ4n) is 1.59. The third kappa shape index (κ3) is 4.44. The number of hydrogen-bond donors (Lipinski definition) is 1. The van der Waals surface area contributed by atoms with Crippen LogP contribution in [0, 0.1) is 5.92 Å². The number of benzene rings is 1. The maximum absolute atomic E-state index is 5.70. The summed E-state index contributed by atoms with van der Waals surface area (Å²) < 4.78 is 11.2. The lowest BCUT2D eigenvalue weighted by Gasteiger charge is -2.04. The van der Waals surface area contributed by atoms with E-state index in [2.05, 4.69) is 18.8 Å². The van der Waals surface area contributed by atoms with E-state index in [1.807, 2.05) is 12.1 Å². The van der Waals surface area contributed by atoms with Crippen LogP contribution in [0.5, 0.6) is 0 Å². The molecule has 0 aliphatic rings. The molecular formula is C14H20N2O2S. The Morgan fingerprint density at radius 3 is 3.00 bits per heavy atom. The highest BCUT2D eigenvalue weighted by Gasteiger charge is 2.06. The summed E-state index contributed by atoms with van der Waals surface area (Å²) in [6, 6.07) is 5.50. The molecule has 4 nitrogen and oxygen atoms in total. The van der Waals surface area contributed by atoms with Crippen LogP contribution in [0.4, 0.5) is 5.69 Å². The standard InChI is InChI=1S/C14H20N2O2S/c1-10(2)5-6-17-7-8-19-14-16-12-4-3-11(15)9-13(12)18-14/h3-4,9-10H,5-8,15H2,1-2H3. The number of ether oxygens (including phenoxy) is 1. The molecule has 1 heterocycles. The van der Waals surface area contributed by atoms with Crippen molar-refractivity contribution < 1.29 is 9.15 Å². The summed E-state index contributed by atoms with van der Waals surface area (Å²) in [7, 11) is 0. The molecule has 2 aromatic rings. The lowest BCUT2D eigenvalue weighted by Crippen LogP contribution is -2.02. The number of aromatic nitrogens is 1. The molecule has 0 atom stereocenters. The molecule has 0 radical (unpaired) electrons. The van der Waals surface area contributed by atoms with Crippen LogP contribution in [-0.2, 0) is 4.74 Å². The Bertz CT molecular complexity index is 525. The molecular weight excluding hydrogens is 260 g/mol. The average Bonchev–Trinajstić information content (AvgIpc) is 2.75. The van der Waals surface area contributed by atoms with Crippen molar-refractivity contribution in [3.63, 3.8) is 0 Å². The van der Waals surface area contributed by atoms with E-state index in [9.17, 15) is 0 Å². The minimum Gasteiger partial charge on any atom is -0.431 e. The highest BCUT2D eigenvalue weighted by atomic mass is 32.2. The number of hydrogen-bond acceptors (Lipinski definition) is 5. The zero-order chi connectivity index (χ0) is 13.7. The number of fused-ring (bicyclic) bond motifs is 1. The molecule has 0 bridgehead atoms. The van der Waals surface area contributed by atoms with Crippen LogP contribution in [0.2, 0.25) is 0 Å². The van der Waals surface area contributed by atoms with Crippen molar-refractivity contribution in [1.82, 2.24) is 4.98 Å². The van der Waals surface area contributed by atoms with Crippen LogP contribution in [0.3, 0.4) is 0 Å². The van der Waals surface area contributed by atoms with Crippen LogP contribution in [-0.4, -0.2) is 24.0 Å². The molecule has 0 saturated heterocycles. The number of rotatable bonds is 7. The van der Waals surface area contributed by atoms with Crippen molar-refractivity contribution in [1.29, 1.82) is 0 Å². The fraction of sp³-hybridized carbons (Fsp3) is 0.500. The van der Waals surface area contributed by atoms with Crippen LogP contribution >= 0.6 is 11.8 Å². The first-order valence-electron chi connectivity index (χ1n) is 6.52. The van der Waals surface area contributed by atoms with Crippen molar-refractivity contribution >= 4 is 28.5 Å². The Morgan fingerprint density at radius 1 is 1.37 bits per heavy atom. The lowest BCUT2D eigenvalue weighted by atomic mass is 10.1. The number of anilines is 1. The number of nitrogens with two attached hydrogens (primary N) is 1. The summed E-state index contributed by atoms with van der Waals surface area (Å²) >= 11 is 1.57. The molecule has 0 fully saturated rings. The van der Waals surface area contributed by atoms with Crippen molar-refractivity contribution in [2.24, 2.45) is 5.92 Å². The van der Waals surface area contributed by atoms with Crippen LogP contribution < -0.4 is 5.73 Å². The SMILES string of the molecule is CC(C)CCOCCSc1nc2ccc(N)cc2o1. The first-order chi connectivity index (χ1) is 9.15. The maximum Gasteiger partial charge on any atom is 0.256 e. The molecule has 19 heavy (non-hydrogen) atoms. The minimum atomic E-state index is 0.674. The van der Waals surface area contributed by atoms with E-state index < -0.39 is 0 Å². The predicted molar refractivity (Wildman–Crippen MR) is 79.4 cm³/mol. The zero-order valence-corrected chi connectivity index (χ0v) is 12.2. The second kappa shape index (κ2) is 6.82. The van der Waals surface area contributed by atoms with Gasteiger partial charge in [0.15, 0.2) is 5.58 Å². The van der Waals surface area contributed by atoms with E-state index in [0.29, 0.717) is 16.8 Å². The van der Waals surface area contributed by atoms with Gasteiger partial charge < -0.3 is 14.9 Å². The summed E-state index contributed by atoms with van der Waals surface area (Å²) in [5.74, 6) is 1.54. The minimum absolute atomic E-state index is 0.674. The third-order valence-corrected chi connectivity index (χ3v) is 3.48. The van der Waals surface area contributed by atoms with Crippen LogP contribution in [0.15, 0.2) is 27.8 Å². The molecule has 0 amide bonds. The lowest BCUT2D eigenvalue weighted by molar-refractivity contribution is 0.138. The van der Waals surface area contributed by atoms with Gasteiger partial charge in [-0.05, 0) is 24.5 Å². The van der Waals surface area contributed by atoms with Gasteiger partial charge in [0.25, 0.3) is 5.22 Å². The second-order valence-corrected chi connectivity index (χ2v) is 5.90. The third-order valence-electron chi connectivity index (χ3n) is 2.69. The molecule has 0 aliphatic heterocycles. The van der Waals surface area contributed by atoms with Gasteiger partial charge in [-0.25, -0.2) is 4.98 Å². The topological polar surface area (TPSA) is 61.3 Å². The van der Waals surface area contributed by atoms with Crippen molar-refractivity contribution in [3.05, 3.63) is 18.2 Å². The van der Waals surface area contributed by atoms with Gasteiger partial charge >= 0.3 is 0 Å². The van der Waals surface area contributed by atoms with E-state index in [0.717, 1.165) is 36.5 Å². The summed E-state index contributed by atoms with van der Waals surface area (Å²) in [4.78, 5) is 4.39. The van der Waals surface area contributed by atoms with Gasteiger partial charge in [-0.1, -0.05) is 25.6 Å². The van der Waals surface area contributed by atoms with Crippen LogP contribution in [0.1, 0.15) is 20.3 Å². The molecule has 2 rings (SSSR count). The number of nitrogen functional groups attached to an aromatic ring is 1. The first kappa shape index (κ1) is 14.2. The fourth-order valence-corrected chi connectivity index (χ4v) is 2.28. The molecule has 0 unspecified atom stereocenters. The number of thioether (sulfide) groups is 1. The summed E-state index contributed by atoms with van der Waals surface area (Å²) in [6.07, 6.45) is 1.10. The van der Waals surface area contributed by atoms with Gasteiger partial charge in [-0.2, -0.15) is 0 Å². The van der Waals surface area contributed by atoms with E-state index in [-0.39, 0.29) is 0 Å². The van der Waals surface area contributed by atoms with Gasteiger partial charge in [-0.3, -0.25) is 0 Å². The van der Waals surface area contributed by atoms with Crippen molar-refractivity contribution in [3.8, 4) is 0 Å². The van der Waals surface area contributed by atoms with Gasteiger partial charge in [0.2, 0.25) is 0 Å². The summed E-state index contributed by atoms with van der Waals surface area (Å²) in [5, 5.41) is 0.674. The Hall–Kier alpha value is -1.20. The Balaban J connectivity index is 1.75. The largest absolute Gasteiger partial charge is 0.431 e. The van der Waals surface area contributed by atoms with Crippen LogP contribution in [0.25, 0.3) is 11.1 Å². The molecule has 0 aliphatic carbocycles. The smallest absolute Gasteiger partial charge is 0.256 e. The molecule has 0 saturated carbocycles. The molecule has 5 heteroatoms. The first-order valence-corrected chi connectivity index (χ1v) is 7.50. The highest BCUT2D eigenvalue weighted by molar-refractivity contribution is 7.99. The van der Waals surface area contributed by atoms with E-state index in [1.54, 1.807) is 17.8 Å². The quantitative estimate of drug-likeness (QED) is 0.477. The maximum atomic E-state index is 5.70. The Labute approximate surface area is 117 Å². The zero-order valence-electron chi connectivity index (χ0n) is 11.4. The Morgan fingerprint density at radius 2 is 2.21 bits per heavy atom. The second-order valence-electron chi connectivity index (χ2n) is 4.85. The molecule has 1 aromatic heterocycles. The van der Waals surface area contributed by atoms with Gasteiger partial charge in [0, 0.05) is 24.1 Å². The van der Waals surface area contributed by atoms with Gasteiger partial charge in [-0.15, -0.1) is 0 Å². The average molecular weight is 280 g/mol. The van der Waals surface area contributed by atoms with E-state index in [4.69, 9.17) is 14.9 Å². The van der Waals surface area contributed by atoms with E-state index in [1.165, 1.54) is 0 Å². The number of nitrogens with zero attached hydrogens (tertiary/aromatic N) is 1. The normalized spacial score (nSPS) is 11.5. The monoisotopic (exact) mass is 280 g/mol. The summed E-state index contributed by atoms with van der Waals surface area (Å²) in [6.45, 7) is 5.94. The molecule has 2 N–H and O–H groups in total. The predicted octanol–water partition coefficient (Wildman–Crippen LogP) is 3.56. The number of oxazole rings is 1. The van der Waals surface area contributed by atoms with Gasteiger partial charge in [0.1, 0.15) is 5.52 Å². The molecule has 1 aromatic carbocycles.